The first kappa shape index (κ1) is 17.9. The molecule has 122 valence electrons. The summed E-state index contributed by atoms with van der Waals surface area (Å²) in [7, 11) is 0. The molecule has 0 aliphatic heterocycles. The number of amides is 2. The fourth-order valence-electron chi connectivity index (χ4n) is 1.87. The molecule has 8 heteroatoms. The number of likely N-dealkylation sites (N-methyl/N-ethyl adjacent to an activating group) is 2. The zero-order valence-corrected chi connectivity index (χ0v) is 12.6. The fraction of sp³-hybridized carbons (Fsp3) is 0.500. The van der Waals surface area contributed by atoms with Gasteiger partial charge in [0.05, 0.1) is 17.8 Å². The Hall–Kier alpha value is -2.12. The number of nitrogens with one attached hydrogen (secondary N) is 1. The SMILES string of the molecule is CCNC(=O)CN(CC)C(=O)c1ccc(C(F)(F)F)nc1C. The van der Waals surface area contributed by atoms with Crippen LogP contribution in [0.15, 0.2) is 12.1 Å². The third-order valence-corrected chi connectivity index (χ3v) is 2.98. The minimum absolute atomic E-state index is 0.0193. The first-order valence-corrected chi connectivity index (χ1v) is 6.81. The second kappa shape index (κ2) is 7.24. The van der Waals surface area contributed by atoms with Crippen molar-refractivity contribution in [3.8, 4) is 0 Å². The standard InChI is InChI=1S/C14H18F3N3O2/c1-4-18-12(21)8-20(5-2)13(22)10-6-7-11(14(15,16)17)19-9(10)3/h6-7H,4-5,8H2,1-3H3,(H,18,21). The van der Waals surface area contributed by atoms with Crippen LogP contribution in [0, 0.1) is 6.92 Å². The van der Waals surface area contributed by atoms with Crippen molar-refractivity contribution in [3.05, 3.63) is 29.1 Å². The van der Waals surface area contributed by atoms with Crippen LogP contribution in [0.1, 0.15) is 35.6 Å². The lowest BCUT2D eigenvalue weighted by molar-refractivity contribution is -0.141. The van der Waals surface area contributed by atoms with Crippen LogP contribution in [0.3, 0.4) is 0 Å². The second-order valence-corrected chi connectivity index (χ2v) is 4.60. The minimum Gasteiger partial charge on any atom is -0.355 e. The zero-order valence-electron chi connectivity index (χ0n) is 12.6. The number of carbonyl (C=O) groups excluding carboxylic acids is 2. The third-order valence-electron chi connectivity index (χ3n) is 2.98. The van der Waals surface area contributed by atoms with Gasteiger partial charge >= 0.3 is 6.18 Å². The normalized spacial score (nSPS) is 11.2. The molecule has 0 atom stereocenters. The minimum atomic E-state index is -4.56. The van der Waals surface area contributed by atoms with E-state index in [1.165, 1.54) is 11.8 Å². The smallest absolute Gasteiger partial charge is 0.355 e. The van der Waals surface area contributed by atoms with Crippen LogP contribution in [0.25, 0.3) is 0 Å². The van der Waals surface area contributed by atoms with E-state index in [2.05, 4.69) is 10.3 Å². The molecular formula is C14H18F3N3O2. The molecule has 1 aromatic rings. The fourth-order valence-corrected chi connectivity index (χ4v) is 1.87. The molecule has 0 aliphatic rings. The van der Waals surface area contributed by atoms with Crippen molar-refractivity contribution < 1.29 is 22.8 Å². The summed E-state index contributed by atoms with van der Waals surface area (Å²) < 4.78 is 37.7. The second-order valence-electron chi connectivity index (χ2n) is 4.60. The first-order valence-electron chi connectivity index (χ1n) is 6.81. The molecular weight excluding hydrogens is 299 g/mol. The number of carbonyl (C=O) groups is 2. The highest BCUT2D eigenvalue weighted by molar-refractivity contribution is 5.97. The maximum Gasteiger partial charge on any atom is 0.433 e. The van der Waals surface area contributed by atoms with E-state index in [-0.39, 0.29) is 30.3 Å². The number of pyridine rings is 1. The van der Waals surface area contributed by atoms with E-state index in [0.29, 0.717) is 6.54 Å². The summed E-state index contributed by atoms with van der Waals surface area (Å²) in [6, 6.07) is 1.86. The van der Waals surface area contributed by atoms with Crippen molar-refractivity contribution in [2.24, 2.45) is 0 Å². The quantitative estimate of drug-likeness (QED) is 0.903. The molecule has 1 N–H and O–H groups in total. The number of nitrogens with zero attached hydrogens (tertiary/aromatic N) is 2. The molecule has 0 fully saturated rings. The van der Waals surface area contributed by atoms with Gasteiger partial charge in [0.25, 0.3) is 5.91 Å². The summed E-state index contributed by atoms with van der Waals surface area (Å²) in [4.78, 5) is 28.5. The highest BCUT2D eigenvalue weighted by atomic mass is 19.4. The van der Waals surface area contributed by atoms with E-state index in [1.807, 2.05) is 0 Å². The van der Waals surface area contributed by atoms with Gasteiger partial charge in [-0.2, -0.15) is 13.2 Å². The molecule has 0 unspecified atom stereocenters. The number of aryl methyl sites for hydroxylation is 1. The van der Waals surface area contributed by atoms with Crippen molar-refractivity contribution in [2.45, 2.75) is 26.9 Å². The van der Waals surface area contributed by atoms with Crippen LogP contribution < -0.4 is 5.32 Å². The van der Waals surface area contributed by atoms with Crippen molar-refractivity contribution in [1.29, 1.82) is 0 Å². The van der Waals surface area contributed by atoms with Gasteiger partial charge in [0.15, 0.2) is 0 Å². The number of hydrogen-bond acceptors (Lipinski definition) is 3. The number of hydrogen-bond donors (Lipinski definition) is 1. The Morgan fingerprint density at radius 3 is 2.36 bits per heavy atom. The molecule has 22 heavy (non-hydrogen) atoms. The average Bonchev–Trinajstić information content (AvgIpc) is 2.43. The van der Waals surface area contributed by atoms with Gasteiger partial charge in [-0.1, -0.05) is 0 Å². The summed E-state index contributed by atoms with van der Waals surface area (Å²) in [6.07, 6.45) is -4.56. The van der Waals surface area contributed by atoms with Crippen molar-refractivity contribution >= 4 is 11.8 Å². The van der Waals surface area contributed by atoms with Gasteiger partial charge in [0.1, 0.15) is 5.69 Å². The highest BCUT2D eigenvalue weighted by Crippen LogP contribution is 2.28. The molecule has 0 bridgehead atoms. The number of alkyl halides is 3. The van der Waals surface area contributed by atoms with E-state index in [1.54, 1.807) is 13.8 Å². The van der Waals surface area contributed by atoms with Crippen molar-refractivity contribution in [2.75, 3.05) is 19.6 Å². The molecule has 0 saturated carbocycles. The maximum absolute atomic E-state index is 12.6. The molecule has 0 spiro atoms. The molecule has 0 saturated heterocycles. The van der Waals surface area contributed by atoms with Gasteiger partial charge in [-0.3, -0.25) is 9.59 Å². The predicted molar refractivity (Wildman–Crippen MR) is 74.2 cm³/mol. The number of rotatable bonds is 5. The molecule has 0 aliphatic carbocycles. The Bertz CT molecular complexity index is 559. The Kier molecular flexibility index (Phi) is 5.90. The van der Waals surface area contributed by atoms with Crippen LogP contribution in [0.2, 0.25) is 0 Å². The number of halogens is 3. The third kappa shape index (κ3) is 4.44. The lowest BCUT2D eigenvalue weighted by Crippen LogP contribution is -2.40. The maximum atomic E-state index is 12.6. The molecule has 1 aromatic heterocycles. The lowest BCUT2D eigenvalue weighted by Gasteiger charge is -2.21. The van der Waals surface area contributed by atoms with E-state index < -0.39 is 17.8 Å². The van der Waals surface area contributed by atoms with Gasteiger partial charge in [-0.15, -0.1) is 0 Å². The van der Waals surface area contributed by atoms with E-state index in [4.69, 9.17) is 0 Å². The largest absolute Gasteiger partial charge is 0.433 e. The molecule has 0 aromatic carbocycles. The van der Waals surface area contributed by atoms with Crippen LogP contribution in [0.4, 0.5) is 13.2 Å². The zero-order chi connectivity index (χ0) is 16.9. The van der Waals surface area contributed by atoms with Crippen LogP contribution >= 0.6 is 0 Å². The van der Waals surface area contributed by atoms with E-state index in [9.17, 15) is 22.8 Å². The Labute approximate surface area is 126 Å². The van der Waals surface area contributed by atoms with Gasteiger partial charge in [0, 0.05) is 13.1 Å². The summed E-state index contributed by atoms with van der Waals surface area (Å²) in [6.45, 7) is 5.32. The molecule has 2 amide bonds. The molecule has 1 rings (SSSR count). The molecule has 0 radical (unpaired) electrons. The topological polar surface area (TPSA) is 62.3 Å². The molecule has 1 heterocycles. The van der Waals surface area contributed by atoms with Gasteiger partial charge in [-0.25, -0.2) is 4.98 Å². The van der Waals surface area contributed by atoms with Crippen LogP contribution in [-0.2, 0) is 11.0 Å². The monoisotopic (exact) mass is 317 g/mol. The van der Waals surface area contributed by atoms with Gasteiger partial charge in [0.2, 0.25) is 5.91 Å². The van der Waals surface area contributed by atoms with Crippen LogP contribution in [0.5, 0.6) is 0 Å². The van der Waals surface area contributed by atoms with Gasteiger partial charge < -0.3 is 10.2 Å². The Balaban J connectivity index is 2.98. The lowest BCUT2D eigenvalue weighted by atomic mass is 10.1. The summed E-state index contributed by atoms with van der Waals surface area (Å²) in [5.41, 5.74) is -1.01. The highest BCUT2D eigenvalue weighted by Gasteiger charge is 2.33. The molecule has 5 nitrogen and oxygen atoms in total. The van der Waals surface area contributed by atoms with Crippen molar-refractivity contribution in [1.82, 2.24) is 15.2 Å². The van der Waals surface area contributed by atoms with E-state index in [0.717, 1.165) is 12.1 Å². The summed E-state index contributed by atoms with van der Waals surface area (Å²) in [5, 5.41) is 2.56. The summed E-state index contributed by atoms with van der Waals surface area (Å²) >= 11 is 0. The Morgan fingerprint density at radius 2 is 1.91 bits per heavy atom. The van der Waals surface area contributed by atoms with E-state index >= 15 is 0 Å². The first-order chi connectivity index (χ1) is 10.2. The Morgan fingerprint density at radius 1 is 1.27 bits per heavy atom. The number of aromatic nitrogens is 1. The van der Waals surface area contributed by atoms with Crippen molar-refractivity contribution in [3.63, 3.8) is 0 Å². The van der Waals surface area contributed by atoms with Crippen LogP contribution in [-0.4, -0.2) is 41.3 Å². The summed E-state index contributed by atoms with van der Waals surface area (Å²) in [5.74, 6) is -0.845. The van der Waals surface area contributed by atoms with Gasteiger partial charge in [-0.05, 0) is 32.9 Å². The average molecular weight is 317 g/mol. The predicted octanol–water partition coefficient (Wildman–Crippen LogP) is 2.01.